The van der Waals surface area contributed by atoms with Crippen LogP contribution in [0.3, 0.4) is 0 Å². The Kier molecular flexibility index (Phi) is 5.40. The van der Waals surface area contributed by atoms with Crippen LogP contribution in [-0.4, -0.2) is 57.1 Å². The van der Waals surface area contributed by atoms with E-state index >= 15 is 0 Å². The molecule has 2 aliphatic heterocycles. The lowest BCUT2D eigenvalue weighted by atomic mass is 10.0. The normalized spacial score (nSPS) is 19.2. The van der Waals surface area contributed by atoms with Crippen molar-refractivity contribution >= 4 is 23.2 Å². The molecule has 4 rings (SSSR count). The molecule has 152 valence electrons. The maximum atomic E-state index is 13.4. The highest BCUT2D eigenvalue weighted by molar-refractivity contribution is 6.01. The van der Waals surface area contributed by atoms with E-state index in [0.29, 0.717) is 37.3 Å². The van der Waals surface area contributed by atoms with Gasteiger partial charge in [-0.3, -0.25) is 9.59 Å². The number of benzene rings is 2. The number of carbonyl (C=O) groups excluding carboxylic acids is 2. The predicted octanol–water partition coefficient (Wildman–Crippen LogP) is 2.26. The van der Waals surface area contributed by atoms with E-state index in [-0.39, 0.29) is 17.9 Å². The van der Waals surface area contributed by atoms with Crippen LogP contribution in [0.25, 0.3) is 0 Å². The number of rotatable bonds is 3. The highest BCUT2D eigenvalue weighted by atomic mass is 16.5. The van der Waals surface area contributed by atoms with Gasteiger partial charge >= 0.3 is 0 Å². The van der Waals surface area contributed by atoms with Gasteiger partial charge in [-0.2, -0.15) is 0 Å². The molecule has 7 heteroatoms. The van der Waals surface area contributed by atoms with Crippen molar-refractivity contribution in [2.24, 2.45) is 0 Å². The standard InChI is InChI=1S/C22H26N4O3/c1-25-11-9-21(27)24-17-13-15(7-8-18(17)25)22(28)26-12-10-23-14-19(26)16-5-3-4-6-20(16)29-2/h3-8,13,19,23H,9-12,14H2,1-2H3,(H,24,27). The Morgan fingerprint density at radius 1 is 1.17 bits per heavy atom. The number of anilines is 2. The molecule has 1 saturated heterocycles. The number of piperazine rings is 1. The molecule has 7 nitrogen and oxygen atoms in total. The third kappa shape index (κ3) is 3.78. The monoisotopic (exact) mass is 394 g/mol. The van der Waals surface area contributed by atoms with Crippen molar-refractivity contribution in [2.45, 2.75) is 12.5 Å². The van der Waals surface area contributed by atoms with Gasteiger partial charge in [-0.25, -0.2) is 0 Å². The van der Waals surface area contributed by atoms with Gasteiger partial charge < -0.3 is 25.2 Å². The second-order valence-corrected chi connectivity index (χ2v) is 7.41. The Morgan fingerprint density at radius 2 is 2.00 bits per heavy atom. The number of methoxy groups -OCH3 is 1. The first-order chi connectivity index (χ1) is 14.1. The summed E-state index contributed by atoms with van der Waals surface area (Å²) in [7, 11) is 3.60. The lowest BCUT2D eigenvalue weighted by Gasteiger charge is -2.37. The zero-order valence-electron chi connectivity index (χ0n) is 16.8. The summed E-state index contributed by atoms with van der Waals surface area (Å²) in [6.45, 7) is 2.66. The van der Waals surface area contributed by atoms with Crippen molar-refractivity contribution in [1.29, 1.82) is 0 Å². The van der Waals surface area contributed by atoms with Crippen molar-refractivity contribution in [2.75, 3.05) is 50.6 Å². The van der Waals surface area contributed by atoms with Crippen LogP contribution in [-0.2, 0) is 4.79 Å². The molecule has 29 heavy (non-hydrogen) atoms. The smallest absolute Gasteiger partial charge is 0.254 e. The molecule has 1 fully saturated rings. The van der Waals surface area contributed by atoms with Crippen LogP contribution in [0, 0.1) is 0 Å². The molecule has 0 aromatic heterocycles. The van der Waals surface area contributed by atoms with Crippen molar-refractivity contribution in [3.63, 3.8) is 0 Å². The summed E-state index contributed by atoms with van der Waals surface area (Å²) >= 11 is 0. The van der Waals surface area contributed by atoms with E-state index in [4.69, 9.17) is 4.74 Å². The van der Waals surface area contributed by atoms with Gasteiger partial charge in [0, 0.05) is 50.8 Å². The van der Waals surface area contributed by atoms with Gasteiger partial charge in [0.05, 0.1) is 24.5 Å². The molecule has 2 aliphatic rings. The van der Waals surface area contributed by atoms with E-state index in [1.54, 1.807) is 13.2 Å². The second kappa shape index (κ2) is 8.13. The van der Waals surface area contributed by atoms with Gasteiger partial charge in [0.15, 0.2) is 0 Å². The summed E-state index contributed by atoms with van der Waals surface area (Å²) in [6.07, 6.45) is 0.433. The maximum absolute atomic E-state index is 13.4. The fourth-order valence-electron chi connectivity index (χ4n) is 4.04. The zero-order chi connectivity index (χ0) is 20.4. The first-order valence-corrected chi connectivity index (χ1v) is 9.88. The highest BCUT2D eigenvalue weighted by Gasteiger charge is 2.31. The Balaban J connectivity index is 1.66. The lowest BCUT2D eigenvalue weighted by Crippen LogP contribution is -2.48. The minimum Gasteiger partial charge on any atom is -0.496 e. The third-order valence-corrected chi connectivity index (χ3v) is 5.61. The number of hydrogen-bond acceptors (Lipinski definition) is 5. The average Bonchev–Trinajstić information content (AvgIpc) is 2.90. The van der Waals surface area contributed by atoms with Crippen LogP contribution in [0.4, 0.5) is 11.4 Å². The van der Waals surface area contributed by atoms with E-state index in [1.807, 2.05) is 53.2 Å². The molecule has 0 aliphatic carbocycles. The second-order valence-electron chi connectivity index (χ2n) is 7.41. The van der Waals surface area contributed by atoms with Crippen LogP contribution < -0.4 is 20.3 Å². The zero-order valence-corrected chi connectivity index (χ0v) is 16.8. The van der Waals surface area contributed by atoms with Gasteiger partial charge in [-0.05, 0) is 24.3 Å². The average molecular weight is 394 g/mol. The van der Waals surface area contributed by atoms with Crippen LogP contribution in [0.5, 0.6) is 5.75 Å². The summed E-state index contributed by atoms with van der Waals surface area (Å²) in [5.41, 5.74) is 3.17. The number of amides is 2. The largest absolute Gasteiger partial charge is 0.496 e. The van der Waals surface area contributed by atoms with E-state index in [2.05, 4.69) is 10.6 Å². The summed E-state index contributed by atoms with van der Waals surface area (Å²) in [6, 6.07) is 13.2. The van der Waals surface area contributed by atoms with Crippen molar-refractivity contribution in [1.82, 2.24) is 10.2 Å². The molecule has 2 amide bonds. The molecule has 0 spiro atoms. The van der Waals surface area contributed by atoms with Gasteiger partial charge in [-0.1, -0.05) is 18.2 Å². The molecule has 1 unspecified atom stereocenters. The molecule has 0 saturated carbocycles. The van der Waals surface area contributed by atoms with Crippen LogP contribution in [0.1, 0.15) is 28.4 Å². The van der Waals surface area contributed by atoms with E-state index in [0.717, 1.165) is 23.5 Å². The topological polar surface area (TPSA) is 73.9 Å². The molecule has 0 bridgehead atoms. The van der Waals surface area contributed by atoms with Gasteiger partial charge in [0.2, 0.25) is 5.91 Å². The summed E-state index contributed by atoms with van der Waals surface area (Å²) in [5.74, 6) is 0.690. The fraction of sp³-hybridized carbons (Fsp3) is 0.364. The summed E-state index contributed by atoms with van der Waals surface area (Å²) < 4.78 is 5.53. The maximum Gasteiger partial charge on any atom is 0.254 e. The molecule has 1 atom stereocenters. The number of para-hydroxylation sites is 1. The van der Waals surface area contributed by atoms with Crippen LogP contribution in [0.2, 0.25) is 0 Å². The first kappa shape index (κ1) is 19.3. The van der Waals surface area contributed by atoms with E-state index in [9.17, 15) is 9.59 Å². The Hall–Kier alpha value is -3.06. The third-order valence-electron chi connectivity index (χ3n) is 5.61. The quantitative estimate of drug-likeness (QED) is 0.835. The highest BCUT2D eigenvalue weighted by Crippen LogP contribution is 2.33. The molecule has 0 radical (unpaired) electrons. The van der Waals surface area contributed by atoms with Crippen molar-refractivity contribution in [3.05, 3.63) is 53.6 Å². The van der Waals surface area contributed by atoms with E-state index in [1.165, 1.54) is 0 Å². The predicted molar refractivity (Wildman–Crippen MR) is 113 cm³/mol. The Bertz CT molecular complexity index is 930. The summed E-state index contributed by atoms with van der Waals surface area (Å²) in [5, 5.41) is 6.31. The van der Waals surface area contributed by atoms with Crippen molar-refractivity contribution in [3.8, 4) is 5.75 Å². The number of carbonyl (C=O) groups is 2. The fourth-order valence-corrected chi connectivity index (χ4v) is 4.04. The molecule has 2 aromatic carbocycles. The van der Waals surface area contributed by atoms with Crippen LogP contribution >= 0.6 is 0 Å². The van der Waals surface area contributed by atoms with Crippen LogP contribution in [0.15, 0.2) is 42.5 Å². The number of ether oxygens (including phenoxy) is 1. The molecule has 2 heterocycles. The SMILES string of the molecule is COc1ccccc1C1CNCCN1C(=O)c1ccc2c(c1)NC(=O)CCN2C. The number of nitrogens with zero attached hydrogens (tertiary/aromatic N) is 2. The van der Waals surface area contributed by atoms with Gasteiger partial charge in [0.25, 0.3) is 5.91 Å². The number of fused-ring (bicyclic) bond motifs is 1. The Labute approximate surface area is 170 Å². The first-order valence-electron chi connectivity index (χ1n) is 9.88. The lowest BCUT2D eigenvalue weighted by molar-refractivity contribution is -0.115. The molecule has 2 aromatic rings. The molecular weight excluding hydrogens is 368 g/mol. The van der Waals surface area contributed by atoms with Crippen molar-refractivity contribution < 1.29 is 14.3 Å². The molecule has 2 N–H and O–H groups in total. The van der Waals surface area contributed by atoms with E-state index < -0.39 is 0 Å². The molecular formula is C22H26N4O3. The minimum atomic E-state index is -0.122. The Morgan fingerprint density at radius 3 is 2.83 bits per heavy atom. The summed E-state index contributed by atoms with van der Waals surface area (Å²) in [4.78, 5) is 29.4. The van der Waals surface area contributed by atoms with Gasteiger partial charge in [0.1, 0.15) is 5.75 Å². The number of hydrogen-bond donors (Lipinski definition) is 2. The number of nitrogens with one attached hydrogen (secondary N) is 2. The minimum absolute atomic E-state index is 0.0331. The van der Waals surface area contributed by atoms with Gasteiger partial charge in [-0.15, -0.1) is 0 Å².